The molecule has 0 fully saturated rings. The lowest BCUT2D eigenvalue weighted by molar-refractivity contribution is -0.686. The summed E-state index contributed by atoms with van der Waals surface area (Å²) in [6, 6.07) is 6.27. The molecule has 1 aliphatic heterocycles. The lowest BCUT2D eigenvalue weighted by Crippen LogP contribution is -2.32. The topological polar surface area (TPSA) is 3.88 Å². The van der Waals surface area contributed by atoms with Crippen molar-refractivity contribution in [1.82, 2.24) is 0 Å². The van der Waals surface area contributed by atoms with E-state index in [4.69, 9.17) is 0 Å². The molecule has 0 saturated heterocycles. The van der Waals surface area contributed by atoms with E-state index in [2.05, 4.69) is 42.0 Å². The Morgan fingerprint density at radius 2 is 2.30 bits per heavy atom. The van der Waals surface area contributed by atoms with Gasteiger partial charge in [-0.1, -0.05) is 0 Å². The van der Waals surface area contributed by atoms with Gasteiger partial charge in [-0.05, 0) is 18.6 Å². The van der Waals surface area contributed by atoms with Crippen molar-refractivity contribution < 1.29 is 4.57 Å². The van der Waals surface area contributed by atoms with Crippen LogP contribution in [0.4, 0.5) is 0 Å². The lowest BCUT2D eigenvalue weighted by Gasteiger charge is -1.88. The summed E-state index contributed by atoms with van der Waals surface area (Å²) < 4.78 is 2.25. The second kappa shape index (κ2) is 1.94. The summed E-state index contributed by atoms with van der Waals surface area (Å²) in [5.41, 5.74) is 2.76. The van der Waals surface area contributed by atoms with Gasteiger partial charge in [0, 0.05) is 18.2 Å². The quantitative estimate of drug-likeness (QED) is 0.470. The summed E-state index contributed by atoms with van der Waals surface area (Å²) in [5, 5.41) is 0. The molecule has 1 heteroatoms. The van der Waals surface area contributed by atoms with E-state index in [9.17, 15) is 0 Å². The third kappa shape index (κ3) is 0.747. The second-order valence-corrected chi connectivity index (χ2v) is 2.74. The van der Waals surface area contributed by atoms with Crippen LogP contribution in [0, 0.1) is 0 Å². The number of fused-ring (bicyclic) bond motifs is 1. The molecule has 1 nitrogen and oxygen atoms in total. The Balaban J connectivity index is 2.54. The van der Waals surface area contributed by atoms with Crippen molar-refractivity contribution in [2.75, 3.05) is 0 Å². The normalized spacial score (nSPS) is 14.7. The molecule has 1 aromatic heterocycles. The average Bonchev–Trinajstić information content (AvgIpc) is 2.27. The van der Waals surface area contributed by atoms with Crippen LogP contribution in [0.1, 0.15) is 12.6 Å². The van der Waals surface area contributed by atoms with E-state index >= 15 is 0 Å². The Morgan fingerprint density at radius 3 is 3.10 bits per heavy atom. The minimum Gasteiger partial charge on any atom is -0.195 e. The smallest absolute Gasteiger partial charge is 0.195 e. The molecule has 10 heavy (non-hydrogen) atoms. The molecule has 0 aliphatic carbocycles. The first-order valence-corrected chi connectivity index (χ1v) is 3.52. The zero-order chi connectivity index (χ0) is 6.97. The maximum atomic E-state index is 2.25. The highest BCUT2D eigenvalue weighted by molar-refractivity contribution is 5.47. The number of pyridine rings is 1. The third-order valence-corrected chi connectivity index (χ3v) is 1.79. The highest BCUT2D eigenvalue weighted by Gasteiger charge is 2.14. The molecular weight excluding hydrogens is 122 g/mol. The molecule has 0 saturated carbocycles. The van der Waals surface area contributed by atoms with Gasteiger partial charge in [0.1, 0.15) is 0 Å². The summed E-state index contributed by atoms with van der Waals surface area (Å²) in [7, 11) is 0. The fraction of sp³-hybridized carbons (Fsp3) is 0.222. The van der Waals surface area contributed by atoms with Crippen molar-refractivity contribution in [3.63, 3.8) is 0 Å². The van der Waals surface area contributed by atoms with Crippen molar-refractivity contribution in [1.29, 1.82) is 0 Å². The monoisotopic (exact) mass is 132 g/mol. The van der Waals surface area contributed by atoms with Crippen LogP contribution in [-0.4, -0.2) is 0 Å². The number of hydrogen-bond donors (Lipinski definition) is 0. The molecule has 1 aromatic rings. The van der Waals surface area contributed by atoms with Gasteiger partial charge < -0.3 is 0 Å². The van der Waals surface area contributed by atoms with Crippen LogP contribution >= 0.6 is 0 Å². The van der Waals surface area contributed by atoms with E-state index in [-0.39, 0.29) is 0 Å². The molecule has 0 spiro atoms. The predicted octanol–water partition coefficient (Wildman–Crippen LogP) is 1.39. The summed E-state index contributed by atoms with van der Waals surface area (Å²) in [4.78, 5) is 0. The molecule has 0 unspecified atom stereocenters. The van der Waals surface area contributed by atoms with Crippen molar-refractivity contribution in [2.24, 2.45) is 0 Å². The summed E-state index contributed by atoms with van der Waals surface area (Å²) in [5.74, 6) is 0. The highest BCUT2D eigenvalue weighted by atomic mass is 15.0. The molecule has 2 heterocycles. The number of nitrogens with zero attached hydrogens (tertiary/aromatic N) is 1. The predicted molar refractivity (Wildman–Crippen MR) is 40.3 cm³/mol. The van der Waals surface area contributed by atoms with Crippen molar-refractivity contribution >= 4 is 6.08 Å². The minimum atomic E-state index is 1.07. The first-order valence-electron chi connectivity index (χ1n) is 3.52. The number of hydrogen-bond acceptors (Lipinski definition) is 0. The molecule has 0 aromatic carbocycles. The van der Waals surface area contributed by atoms with Crippen LogP contribution < -0.4 is 4.57 Å². The Bertz CT molecular complexity index is 287. The maximum absolute atomic E-state index is 2.25. The SMILES string of the molecule is CC1=Cc2cccc[n+]2C1. The van der Waals surface area contributed by atoms with E-state index in [0.29, 0.717) is 0 Å². The van der Waals surface area contributed by atoms with Crippen LogP contribution in [0.25, 0.3) is 6.08 Å². The van der Waals surface area contributed by atoms with Gasteiger partial charge in [0.25, 0.3) is 0 Å². The van der Waals surface area contributed by atoms with Gasteiger partial charge in [-0.2, -0.15) is 4.57 Å². The van der Waals surface area contributed by atoms with E-state index in [1.54, 1.807) is 0 Å². The van der Waals surface area contributed by atoms with E-state index in [1.807, 2.05) is 0 Å². The summed E-state index contributed by atoms with van der Waals surface area (Å²) in [6.07, 6.45) is 4.34. The first-order chi connectivity index (χ1) is 4.86. The summed E-state index contributed by atoms with van der Waals surface area (Å²) >= 11 is 0. The molecule has 0 N–H and O–H groups in total. The number of allylic oxidation sites excluding steroid dienone is 1. The van der Waals surface area contributed by atoms with Gasteiger partial charge in [-0.25, -0.2) is 0 Å². The third-order valence-electron chi connectivity index (χ3n) is 1.79. The summed E-state index contributed by atoms with van der Waals surface area (Å²) in [6.45, 7) is 3.23. The van der Waals surface area contributed by atoms with Gasteiger partial charge in [0.15, 0.2) is 12.7 Å². The Kier molecular flexibility index (Phi) is 1.10. The molecule has 50 valence electrons. The Morgan fingerprint density at radius 1 is 1.40 bits per heavy atom. The zero-order valence-electron chi connectivity index (χ0n) is 6.04. The van der Waals surface area contributed by atoms with Gasteiger partial charge in [-0.3, -0.25) is 0 Å². The molecule has 0 bridgehead atoms. The van der Waals surface area contributed by atoms with Crippen molar-refractivity contribution in [3.05, 3.63) is 35.7 Å². The second-order valence-electron chi connectivity index (χ2n) is 2.74. The molecule has 0 radical (unpaired) electrons. The maximum Gasteiger partial charge on any atom is 0.205 e. The van der Waals surface area contributed by atoms with Gasteiger partial charge in [-0.15, -0.1) is 0 Å². The van der Waals surface area contributed by atoms with E-state index in [1.165, 1.54) is 11.3 Å². The van der Waals surface area contributed by atoms with Crippen LogP contribution in [0.15, 0.2) is 30.0 Å². The molecule has 1 aliphatic rings. The van der Waals surface area contributed by atoms with Gasteiger partial charge in [0.05, 0.1) is 0 Å². The highest BCUT2D eigenvalue weighted by Crippen LogP contribution is 2.08. The van der Waals surface area contributed by atoms with Gasteiger partial charge >= 0.3 is 0 Å². The number of rotatable bonds is 0. The van der Waals surface area contributed by atoms with Crippen LogP contribution in [0.3, 0.4) is 0 Å². The molecular formula is C9H10N+. The Labute approximate surface area is 60.6 Å². The minimum absolute atomic E-state index is 1.07. The fourth-order valence-corrected chi connectivity index (χ4v) is 1.33. The standard InChI is InChI=1S/C9H10N/c1-8-6-9-4-2-3-5-10(9)7-8/h2-6H,7H2,1H3/q+1. The average molecular weight is 132 g/mol. The van der Waals surface area contributed by atoms with E-state index in [0.717, 1.165) is 6.54 Å². The van der Waals surface area contributed by atoms with Crippen molar-refractivity contribution in [2.45, 2.75) is 13.5 Å². The van der Waals surface area contributed by atoms with Gasteiger partial charge in [0.2, 0.25) is 5.69 Å². The van der Waals surface area contributed by atoms with E-state index < -0.39 is 0 Å². The van der Waals surface area contributed by atoms with Crippen LogP contribution in [0.2, 0.25) is 0 Å². The fourth-order valence-electron chi connectivity index (χ4n) is 1.33. The van der Waals surface area contributed by atoms with Crippen molar-refractivity contribution in [3.8, 4) is 0 Å². The largest absolute Gasteiger partial charge is 0.205 e. The zero-order valence-corrected chi connectivity index (χ0v) is 6.04. The lowest BCUT2D eigenvalue weighted by atomic mass is 10.3. The molecule has 0 amide bonds. The molecule has 2 rings (SSSR count). The molecule has 0 atom stereocenters. The van der Waals surface area contributed by atoms with Crippen LogP contribution in [-0.2, 0) is 6.54 Å². The Hall–Kier alpha value is -1.11. The first kappa shape index (κ1) is 5.66. The van der Waals surface area contributed by atoms with Crippen LogP contribution in [0.5, 0.6) is 0 Å². The number of aromatic nitrogens is 1.